The number of benzene rings is 2. The van der Waals surface area contributed by atoms with E-state index in [-0.39, 0.29) is 31.7 Å². The van der Waals surface area contributed by atoms with Crippen LogP contribution in [0.3, 0.4) is 0 Å². The lowest BCUT2D eigenvalue weighted by molar-refractivity contribution is -0.168. The monoisotopic (exact) mass is 391 g/mol. The average molecular weight is 391 g/mol. The van der Waals surface area contributed by atoms with Crippen LogP contribution in [0.25, 0.3) is 0 Å². The van der Waals surface area contributed by atoms with Crippen LogP contribution < -0.4 is 0 Å². The molecule has 0 saturated carbocycles. The summed E-state index contributed by atoms with van der Waals surface area (Å²) in [6.45, 7) is 0.387. The summed E-state index contributed by atoms with van der Waals surface area (Å²) in [4.78, 5) is 16.7. The van der Waals surface area contributed by atoms with Gasteiger partial charge in [-0.3, -0.25) is 14.2 Å². The summed E-state index contributed by atoms with van der Waals surface area (Å²) in [5.41, 5.74) is 1.83. The van der Waals surface area contributed by atoms with E-state index in [0.717, 1.165) is 16.2 Å². The first kappa shape index (κ1) is 21.3. The predicted molar refractivity (Wildman–Crippen MR) is 104 cm³/mol. The van der Waals surface area contributed by atoms with Gasteiger partial charge in [0.1, 0.15) is 0 Å². The average Bonchev–Trinajstić information content (AvgIpc) is 2.72. The highest BCUT2D eigenvalue weighted by Crippen LogP contribution is 2.50. The minimum Gasteiger partial charge on any atom is -0.304 e. The van der Waals surface area contributed by atoms with E-state index in [4.69, 9.17) is 13.9 Å². The molecule has 7 heteroatoms. The normalized spacial score (nSPS) is 11.3. The first-order valence-electron chi connectivity index (χ1n) is 8.79. The maximum Gasteiger partial charge on any atom is 0.331 e. The third-order valence-corrected chi connectivity index (χ3v) is 5.90. The van der Waals surface area contributed by atoms with E-state index in [2.05, 4.69) is 0 Å². The number of rotatable bonds is 11. The molecule has 0 saturated heterocycles. The van der Waals surface area contributed by atoms with Crippen LogP contribution in [-0.2, 0) is 36.5 Å². The highest BCUT2D eigenvalue weighted by atomic mass is 31.2. The molecule has 2 aromatic carbocycles. The van der Waals surface area contributed by atoms with Crippen LogP contribution >= 0.6 is 7.60 Å². The van der Waals surface area contributed by atoms with Crippen LogP contribution in [0.15, 0.2) is 60.7 Å². The zero-order valence-corrected chi connectivity index (χ0v) is 16.6. The standard InChI is InChI=1S/C20H26NO5P/c1-21(24-2)20(22)14-9-15-27(23,25-16-18-10-5-3-6-11-18)26-17-19-12-7-4-8-13-19/h3-8,10-13H,9,14-17H2,1-2H3. The number of amides is 1. The van der Waals surface area contributed by atoms with E-state index in [1.165, 1.54) is 7.11 Å². The number of carbonyl (C=O) groups is 1. The molecule has 0 aliphatic rings. The van der Waals surface area contributed by atoms with Gasteiger partial charge in [-0.25, -0.2) is 5.06 Å². The van der Waals surface area contributed by atoms with E-state index in [1.54, 1.807) is 7.05 Å². The molecule has 146 valence electrons. The van der Waals surface area contributed by atoms with E-state index in [1.807, 2.05) is 60.7 Å². The van der Waals surface area contributed by atoms with Crippen LogP contribution in [0.2, 0.25) is 0 Å². The largest absolute Gasteiger partial charge is 0.331 e. The Morgan fingerprint density at radius 2 is 1.41 bits per heavy atom. The lowest BCUT2D eigenvalue weighted by atomic mass is 10.2. The molecule has 0 aromatic heterocycles. The predicted octanol–water partition coefficient (Wildman–Crippen LogP) is 4.41. The van der Waals surface area contributed by atoms with Gasteiger partial charge in [0.2, 0.25) is 5.91 Å². The van der Waals surface area contributed by atoms with Gasteiger partial charge in [0.15, 0.2) is 0 Å². The Morgan fingerprint density at radius 3 is 1.85 bits per heavy atom. The smallest absolute Gasteiger partial charge is 0.304 e. The Balaban J connectivity index is 1.95. The first-order valence-corrected chi connectivity index (χ1v) is 10.5. The molecule has 0 unspecified atom stereocenters. The van der Waals surface area contributed by atoms with Crippen LogP contribution in [0.1, 0.15) is 24.0 Å². The molecule has 0 spiro atoms. The van der Waals surface area contributed by atoms with Crippen molar-refractivity contribution in [1.82, 2.24) is 5.06 Å². The molecule has 0 atom stereocenters. The van der Waals surface area contributed by atoms with Crippen molar-refractivity contribution >= 4 is 13.5 Å². The Kier molecular flexibility index (Phi) is 8.69. The minimum atomic E-state index is -3.36. The maximum atomic E-state index is 13.2. The Hall–Kier alpha value is -1.98. The molecule has 27 heavy (non-hydrogen) atoms. The van der Waals surface area contributed by atoms with Crippen LogP contribution in [0.5, 0.6) is 0 Å². The number of hydrogen-bond donors (Lipinski definition) is 0. The third-order valence-electron chi connectivity index (χ3n) is 3.99. The second-order valence-corrected chi connectivity index (χ2v) is 8.22. The second kappa shape index (κ2) is 11.0. The SMILES string of the molecule is CON(C)C(=O)CCCP(=O)(OCc1ccccc1)OCc1ccccc1. The molecule has 2 aromatic rings. The molecule has 6 nitrogen and oxygen atoms in total. The Bertz CT molecular complexity index is 691. The summed E-state index contributed by atoms with van der Waals surface area (Å²) in [6.07, 6.45) is 0.751. The molecule has 2 rings (SSSR count). The molecule has 0 heterocycles. The van der Waals surface area contributed by atoms with Crippen molar-refractivity contribution in [2.45, 2.75) is 26.1 Å². The van der Waals surface area contributed by atoms with Crippen molar-refractivity contribution in [1.29, 1.82) is 0 Å². The number of nitrogens with zero attached hydrogens (tertiary/aromatic N) is 1. The van der Waals surface area contributed by atoms with Crippen molar-refractivity contribution in [3.8, 4) is 0 Å². The lowest BCUT2D eigenvalue weighted by Gasteiger charge is -2.19. The second-order valence-electron chi connectivity index (χ2n) is 6.03. The summed E-state index contributed by atoms with van der Waals surface area (Å²) in [6, 6.07) is 19.0. The fourth-order valence-corrected chi connectivity index (χ4v) is 3.91. The van der Waals surface area contributed by atoms with E-state index in [0.29, 0.717) is 6.42 Å². The van der Waals surface area contributed by atoms with E-state index < -0.39 is 7.60 Å². The molecule has 0 fully saturated rings. The quantitative estimate of drug-likeness (QED) is 0.419. The Labute approximate surface area is 160 Å². The van der Waals surface area contributed by atoms with Gasteiger partial charge in [-0.2, -0.15) is 0 Å². The summed E-state index contributed by atoms with van der Waals surface area (Å²) in [5.74, 6) is -0.185. The molecule has 0 aliphatic carbocycles. The minimum absolute atomic E-state index is 0.163. The van der Waals surface area contributed by atoms with Crippen LogP contribution in [0, 0.1) is 0 Å². The van der Waals surface area contributed by atoms with Gasteiger partial charge in [-0.05, 0) is 17.5 Å². The van der Waals surface area contributed by atoms with Gasteiger partial charge in [-0.15, -0.1) is 0 Å². The zero-order chi connectivity index (χ0) is 19.5. The van der Waals surface area contributed by atoms with Gasteiger partial charge in [0.25, 0.3) is 0 Å². The van der Waals surface area contributed by atoms with Gasteiger partial charge >= 0.3 is 7.60 Å². The molecule has 0 radical (unpaired) electrons. The number of carbonyl (C=O) groups excluding carboxylic acids is 1. The molecular formula is C20H26NO5P. The summed E-state index contributed by atoms with van der Waals surface area (Å²) in [5, 5.41) is 1.15. The van der Waals surface area contributed by atoms with Crippen molar-refractivity contribution in [2.24, 2.45) is 0 Å². The molecule has 0 N–H and O–H groups in total. The van der Waals surface area contributed by atoms with E-state index >= 15 is 0 Å². The number of hydroxylamine groups is 2. The maximum absolute atomic E-state index is 13.2. The first-order chi connectivity index (χ1) is 13.0. The highest BCUT2D eigenvalue weighted by Gasteiger charge is 2.25. The topological polar surface area (TPSA) is 65.1 Å². The third kappa shape index (κ3) is 7.65. The van der Waals surface area contributed by atoms with Crippen molar-refractivity contribution in [2.75, 3.05) is 20.3 Å². The molecular weight excluding hydrogens is 365 g/mol. The fourth-order valence-electron chi connectivity index (χ4n) is 2.34. The van der Waals surface area contributed by atoms with E-state index in [9.17, 15) is 9.36 Å². The Morgan fingerprint density at radius 1 is 0.926 bits per heavy atom. The van der Waals surface area contributed by atoms with Gasteiger partial charge in [-0.1, -0.05) is 60.7 Å². The van der Waals surface area contributed by atoms with Gasteiger partial charge < -0.3 is 9.05 Å². The zero-order valence-electron chi connectivity index (χ0n) is 15.7. The van der Waals surface area contributed by atoms with Crippen molar-refractivity contribution in [3.05, 3.63) is 71.8 Å². The lowest BCUT2D eigenvalue weighted by Crippen LogP contribution is -2.25. The number of hydrogen-bond acceptors (Lipinski definition) is 5. The molecule has 1 amide bonds. The van der Waals surface area contributed by atoms with Gasteiger partial charge in [0, 0.05) is 13.5 Å². The summed E-state index contributed by atoms with van der Waals surface area (Å²) >= 11 is 0. The summed E-state index contributed by atoms with van der Waals surface area (Å²) < 4.78 is 24.5. The summed E-state index contributed by atoms with van der Waals surface area (Å²) in [7, 11) is -0.390. The van der Waals surface area contributed by atoms with Crippen LogP contribution in [-0.4, -0.2) is 31.3 Å². The van der Waals surface area contributed by atoms with Gasteiger partial charge in [0.05, 0.1) is 26.5 Å². The van der Waals surface area contributed by atoms with Crippen molar-refractivity contribution < 1.29 is 23.2 Å². The fraction of sp³-hybridized carbons (Fsp3) is 0.350. The highest BCUT2D eigenvalue weighted by molar-refractivity contribution is 7.53. The van der Waals surface area contributed by atoms with Crippen LogP contribution in [0.4, 0.5) is 0 Å². The molecule has 0 bridgehead atoms. The van der Waals surface area contributed by atoms with Crippen molar-refractivity contribution in [3.63, 3.8) is 0 Å². The molecule has 0 aliphatic heterocycles.